The Morgan fingerprint density at radius 1 is 1.12 bits per heavy atom. The van der Waals surface area contributed by atoms with Crippen molar-refractivity contribution in [3.63, 3.8) is 0 Å². The van der Waals surface area contributed by atoms with E-state index in [0.29, 0.717) is 25.5 Å². The number of hydrogen-bond acceptors (Lipinski definition) is 4. The predicted octanol–water partition coefficient (Wildman–Crippen LogP) is 1.16. The van der Waals surface area contributed by atoms with E-state index in [-0.39, 0.29) is 6.10 Å². The maximum Gasteiger partial charge on any atom is 0.0897 e. The predicted molar refractivity (Wildman–Crippen MR) is 70.1 cm³/mol. The van der Waals surface area contributed by atoms with Crippen LogP contribution in [0.4, 0.5) is 0 Å². The van der Waals surface area contributed by atoms with Crippen molar-refractivity contribution in [2.45, 2.75) is 52.2 Å². The smallest absolute Gasteiger partial charge is 0.0897 e. The van der Waals surface area contributed by atoms with E-state index in [9.17, 15) is 5.11 Å². The Balaban J connectivity index is 3.20. The Bertz CT molecular complexity index is 163. The summed E-state index contributed by atoms with van der Waals surface area (Å²) in [4.78, 5) is 0. The highest BCUT2D eigenvalue weighted by atomic mass is 16.5. The van der Waals surface area contributed by atoms with Gasteiger partial charge in [0.2, 0.25) is 0 Å². The molecular formula is C13H29NO3. The maximum absolute atomic E-state index is 9.57. The quantitative estimate of drug-likeness (QED) is 0.480. The van der Waals surface area contributed by atoms with Gasteiger partial charge in [-0.05, 0) is 38.6 Å². The SMILES string of the molecule is CC(C)CCCOCC(O)CNCCC(C)O. The van der Waals surface area contributed by atoms with E-state index in [2.05, 4.69) is 19.2 Å². The van der Waals surface area contributed by atoms with E-state index < -0.39 is 6.10 Å². The summed E-state index contributed by atoms with van der Waals surface area (Å²) >= 11 is 0. The van der Waals surface area contributed by atoms with E-state index in [0.717, 1.165) is 19.6 Å². The zero-order chi connectivity index (χ0) is 13.1. The van der Waals surface area contributed by atoms with Crippen molar-refractivity contribution in [3.05, 3.63) is 0 Å². The van der Waals surface area contributed by atoms with Gasteiger partial charge in [0.25, 0.3) is 0 Å². The molecule has 0 saturated heterocycles. The molecule has 0 aromatic heterocycles. The molecule has 0 fully saturated rings. The van der Waals surface area contributed by atoms with Gasteiger partial charge in [-0.15, -0.1) is 0 Å². The lowest BCUT2D eigenvalue weighted by molar-refractivity contribution is 0.0344. The second kappa shape index (κ2) is 11.0. The number of aliphatic hydroxyl groups is 2. The fraction of sp³-hybridized carbons (Fsp3) is 1.00. The van der Waals surface area contributed by atoms with E-state index >= 15 is 0 Å². The molecule has 2 unspecified atom stereocenters. The minimum atomic E-state index is -0.456. The van der Waals surface area contributed by atoms with Crippen LogP contribution in [0.25, 0.3) is 0 Å². The highest BCUT2D eigenvalue weighted by Gasteiger charge is 2.04. The topological polar surface area (TPSA) is 61.7 Å². The molecule has 0 aromatic rings. The average Bonchev–Trinajstić information content (AvgIpc) is 2.23. The van der Waals surface area contributed by atoms with Gasteiger partial charge >= 0.3 is 0 Å². The Labute approximate surface area is 105 Å². The second-order valence-electron chi connectivity index (χ2n) is 5.11. The Morgan fingerprint density at radius 2 is 1.82 bits per heavy atom. The lowest BCUT2D eigenvalue weighted by atomic mass is 10.1. The highest BCUT2D eigenvalue weighted by Crippen LogP contribution is 2.03. The van der Waals surface area contributed by atoms with E-state index in [1.165, 1.54) is 6.42 Å². The summed E-state index contributed by atoms with van der Waals surface area (Å²) < 4.78 is 5.38. The Kier molecular flexibility index (Phi) is 10.9. The minimum Gasteiger partial charge on any atom is -0.393 e. The van der Waals surface area contributed by atoms with Crippen LogP contribution in [-0.4, -0.2) is 48.7 Å². The number of rotatable bonds is 11. The van der Waals surface area contributed by atoms with Crippen LogP contribution in [0, 0.1) is 5.92 Å². The standard InChI is InChI=1S/C13H29NO3/c1-11(2)5-4-8-17-10-13(16)9-14-7-6-12(3)15/h11-16H,4-10H2,1-3H3. The van der Waals surface area contributed by atoms with Gasteiger partial charge in [-0.1, -0.05) is 13.8 Å². The molecule has 0 radical (unpaired) electrons. The third kappa shape index (κ3) is 13.8. The lowest BCUT2D eigenvalue weighted by Gasteiger charge is -2.13. The monoisotopic (exact) mass is 247 g/mol. The molecule has 0 rings (SSSR count). The third-order valence-corrected chi connectivity index (χ3v) is 2.50. The molecule has 0 aromatic carbocycles. The Hall–Kier alpha value is -0.160. The molecule has 4 nitrogen and oxygen atoms in total. The fourth-order valence-corrected chi connectivity index (χ4v) is 1.45. The van der Waals surface area contributed by atoms with Crippen LogP contribution in [0.15, 0.2) is 0 Å². The first kappa shape index (κ1) is 16.8. The van der Waals surface area contributed by atoms with Gasteiger partial charge in [-0.25, -0.2) is 0 Å². The summed E-state index contributed by atoms with van der Waals surface area (Å²) in [5, 5.41) is 21.7. The second-order valence-corrected chi connectivity index (χ2v) is 5.11. The van der Waals surface area contributed by atoms with Crippen molar-refractivity contribution in [1.29, 1.82) is 0 Å². The van der Waals surface area contributed by atoms with Gasteiger partial charge in [-0.3, -0.25) is 0 Å². The summed E-state index contributed by atoms with van der Waals surface area (Å²) in [5.74, 6) is 0.714. The molecule has 17 heavy (non-hydrogen) atoms. The van der Waals surface area contributed by atoms with E-state index in [4.69, 9.17) is 9.84 Å². The first-order chi connectivity index (χ1) is 8.02. The van der Waals surface area contributed by atoms with Crippen molar-refractivity contribution >= 4 is 0 Å². The lowest BCUT2D eigenvalue weighted by Crippen LogP contribution is -2.32. The molecule has 0 heterocycles. The first-order valence-electron chi connectivity index (χ1n) is 6.67. The van der Waals surface area contributed by atoms with Gasteiger partial charge < -0.3 is 20.3 Å². The van der Waals surface area contributed by atoms with Gasteiger partial charge in [-0.2, -0.15) is 0 Å². The number of aliphatic hydroxyl groups excluding tert-OH is 2. The van der Waals surface area contributed by atoms with Crippen LogP contribution in [0.3, 0.4) is 0 Å². The summed E-state index contributed by atoms with van der Waals surface area (Å²) in [6.07, 6.45) is 2.19. The van der Waals surface area contributed by atoms with Crippen LogP contribution in [0.5, 0.6) is 0 Å². The molecule has 4 heteroatoms. The van der Waals surface area contributed by atoms with Crippen molar-refractivity contribution in [1.82, 2.24) is 5.32 Å². The number of hydrogen-bond donors (Lipinski definition) is 3. The number of ether oxygens (including phenoxy) is 1. The van der Waals surface area contributed by atoms with Gasteiger partial charge in [0.15, 0.2) is 0 Å². The number of nitrogens with one attached hydrogen (secondary N) is 1. The maximum atomic E-state index is 9.57. The minimum absolute atomic E-state index is 0.285. The molecule has 104 valence electrons. The summed E-state index contributed by atoms with van der Waals surface area (Å²) in [6.45, 7) is 8.51. The van der Waals surface area contributed by atoms with Gasteiger partial charge in [0, 0.05) is 13.2 Å². The van der Waals surface area contributed by atoms with Crippen LogP contribution < -0.4 is 5.32 Å². The molecule has 0 spiro atoms. The molecule has 3 N–H and O–H groups in total. The fourth-order valence-electron chi connectivity index (χ4n) is 1.45. The summed E-state index contributed by atoms with van der Waals surface area (Å²) in [7, 11) is 0. The largest absolute Gasteiger partial charge is 0.393 e. The molecule has 0 aliphatic heterocycles. The van der Waals surface area contributed by atoms with Crippen molar-refractivity contribution in [2.75, 3.05) is 26.3 Å². The molecule has 0 amide bonds. The zero-order valence-electron chi connectivity index (χ0n) is 11.5. The molecule has 0 aliphatic rings. The molecule has 0 saturated carbocycles. The molecule has 0 bridgehead atoms. The van der Waals surface area contributed by atoms with Crippen molar-refractivity contribution in [3.8, 4) is 0 Å². The Morgan fingerprint density at radius 3 is 2.41 bits per heavy atom. The average molecular weight is 247 g/mol. The van der Waals surface area contributed by atoms with Crippen LogP contribution in [0.1, 0.15) is 40.0 Å². The van der Waals surface area contributed by atoms with Crippen LogP contribution in [-0.2, 0) is 4.74 Å². The van der Waals surface area contributed by atoms with Crippen LogP contribution >= 0.6 is 0 Å². The van der Waals surface area contributed by atoms with Crippen LogP contribution in [0.2, 0.25) is 0 Å². The summed E-state index contributed by atoms with van der Waals surface area (Å²) in [6, 6.07) is 0. The van der Waals surface area contributed by atoms with Crippen molar-refractivity contribution < 1.29 is 14.9 Å². The molecule has 0 aliphatic carbocycles. The normalized spacial score (nSPS) is 15.2. The van der Waals surface area contributed by atoms with Crippen molar-refractivity contribution in [2.24, 2.45) is 5.92 Å². The first-order valence-corrected chi connectivity index (χ1v) is 6.67. The zero-order valence-corrected chi connectivity index (χ0v) is 11.5. The third-order valence-electron chi connectivity index (χ3n) is 2.50. The van der Waals surface area contributed by atoms with E-state index in [1.54, 1.807) is 6.92 Å². The van der Waals surface area contributed by atoms with Gasteiger partial charge in [0.1, 0.15) is 0 Å². The summed E-state index contributed by atoms with van der Waals surface area (Å²) in [5.41, 5.74) is 0. The molecular weight excluding hydrogens is 218 g/mol. The highest BCUT2D eigenvalue weighted by molar-refractivity contribution is 4.59. The van der Waals surface area contributed by atoms with Gasteiger partial charge in [0.05, 0.1) is 18.8 Å². The van der Waals surface area contributed by atoms with E-state index in [1.807, 2.05) is 0 Å². The molecule has 2 atom stereocenters.